The number of aliphatic hydroxyl groups is 2. The number of aromatic hydroxyl groups is 1. The van der Waals surface area contributed by atoms with Crippen molar-refractivity contribution in [3.63, 3.8) is 0 Å². The van der Waals surface area contributed by atoms with Gasteiger partial charge in [0, 0.05) is 120 Å². The molecule has 6 aliphatic rings. The number of ether oxygens (including phenoxy) is 2. The molecule has 1 unspecified atom stereocenters. The van der Waals surface area contributed by atoms with Gasteiger partial charge in [0.25, 0.3) is 0 Å². The Balaban J connectivity index is 0.569. The van der Waals surface area contributed by atoms with Crippen LogP contribution in [-0.2, 0) is 14.3 Å². The second-order valence-electron chi connectivity index (χ2n) is 24.1. The Hall–Kier alpha value is -6.91. The van der Waals surface area contributed by atoms with Gasteiger partial charge in [0.05, 0.1) is 51.8 Å². The number of aliphatic hydroxyl groups excluding tert-OH is 2. The molecular formula is C62H78N12O8S. The van der Waals surface area contributed by atoms with Gasteiger partial charge >= 0.3 is 0 Å². The molecule has 9 heterocycles. The average molecular weight is 1150 g/mol. The third kappa shape index (κ3) is 12.4. The number of anilines is 4. The van der Waals surface area contributed by atoms with Crippen molar-refractivity contribution in [2.24, 2.45) is 11.8 Å². The van der Waals surface area contributed by atoms with Crippen LogP contribution in [0.5, 0.6) is 11.6 Å². The van der Waals surface area contributed by atoms with E-state index < -0.39 is 24.1 Å². The lowest BCUT2D eigenvalue weighted by atomic mass is 9.91. The summed E-state index contributed by atoms with van der Waals surface area (Å²) in [6.07, 6.45) is 9.93. The van der Waals surface area contributed by atoms with E-state index in [0.717, 1.165) is 130 Å². The van der Waals surface area contributed by atoms with Crippen molar-refractivity contribution in [3.8, 4) is 33.3 Å². The van der Waals surface area contributed by atoms with Crippen LogP contribution in [0, 0.1) is 18.8 Å². The molecule has 0 radical (unpaired) electrons. The lowest BCUT2D eigenvalue weighted by Crippen LogP contribution is -2.54. The number of aromatic nitrogens is 5. The van der Waals surface area contributed by atoms with Gasteiger partial charge in [-0.1, -0.05) is 55.4 Å². The zero-order valence-electron chi connectivity index (χ0n) is 47.7. The molecular weight excluding hydrogens is 1070 g/mol. The Morgan fingerprint density at radius 3 is 2.33 bits per heavy atom. The molecule has 6 atom stereocenters. The molecule has 6 N–H and O–H groups in total. The van der Waals surface area contributed by atoms with E-state index in [1.165, 1.54) is 4.90 Å². The SMILES string of the molecule is Cc1ncsc1-c1ccc([C@H](CCO)NC(=O)[C@@H]2C[C@@H](O)CN2C(=O)[C@@H](c2cc(N3CCC(CN4CCC(OC5CC(Oc6cc(N7C8CC[C@@H]7CN(c7cc(-c9ccccc9O)nnc7N)C8)ccn6)C5)CC4)CC3)no2)C(C)C)cc1. The average Bonchev–Trinajstić information content (AvgIpc) is 4.51. The number of pyridine rings is 1. The number of piperidine rings is 2. The van der Waals surface area contributed by atoms with E-state index in [2.05, 4.69) is 62.4 Å². The van der Waals surface area contributed by atoms with Crippen LogP contribution in [0.1, 0.15) is 107 Å². The number of phenols is 1. The zero-order valence-corrected chi connectivity index (χ0v) is 48.5. The fourth-order valence-corrected chi connectivity index (χ4v) is 14.5. The summed E-state index contributed by atoms with van der Waals surface area (Å²) < 4.78 is 19.1. The van der Waals surface area contributed by atoms with E-state index in [-0.39, 0.29) is 61.4 Å². The molecule has 83 heavy (non-hydrogen) atoms. The van der Waals surface area contributed by atoms with E-state index in [9.17, 15) is 24.9 Å². The van der Waals surface area contributed by atoms with Crippen LogP contribution in [-0.4, -0.2) is 164 Å². The largest absolute Gasteiger partial charge is 0.507 e. The molecule has 1 aliphatic carbocycles. The first-order valence-corrected chi connectivity index (χ1v) is 30.8. The highest BCUT2D eigenvalue weighted by atomic mass is 32.1. The van der Waals surface area contributed by atoms with E-state index in [1.807, 2.05) is 81.0 Å². The van der Waals surface area contributed by atoms with E-state index >= 15 is 0 Å². The molecule has 0 spiro atoms. The zero-order chi connectivity index (χ0) is 57.3. The van der Waals surface area contributed by atoms with E-state index in [1.54, 1.807) is 23.5 Å². The van der Waals surface area contributed by atoms with Crippen molar-refractivity contribution in [1.29, 1.82) is 0 Å². The third-order valence-corrected chi connectivity index (χ3v) is 19.2. The number of nitrogens with two attached hydrogens (primary N) is 1. The number of hydrogen-bond acceptors (Lipinski definition) is 19. The number of amides is 2. The van der Waals surface area contributed by atoms with E-state index in [4.69, 9.17) is 19.7 Å². The molecule has 440 valence electrons. The summed E-state index contributed by atoms with van der Waals surface area (Å²) in [6.45, 7) is 12.2. The lowest BCUT2D eigenvalue weighted by molar-refractivity contribution is -0.141. The number of fused-ring (bicyclic) bond motifs is 2. The number of thiazole rings is 1. The number of nitrogen functional groups attached to an aromatic ring is 1. The third-order valence-electron chi connectivity index (χ3n) is 18.2. The molecule has 6 aromatic rings. The van der Waals surface area contributed by atoms with Gasteiger partial charge < -0.3 is 64.9 Å². The van der Waals surface area contributed by atoms with Gasteiger partial charge in [0.15, 0.2) is 17.4 Å². The number of β-amino-alcohol motifs (C(OH)–C–C–N with tert-alkyl or cyclic N) is 1. The number of carbonyl (C=O) groups is 2. The summed E-state index contributed by atoms with van der Waals surface area (Å²) in [5.41, 5.74) is 14.3. The van der Waals surface area contributed by atoms with Crippen molar-refractivity contribution >= 4 is 46.2 Å². The molecule has 1 saturated carbocycles. The van der Waals surface area contributed by atoms with Gasteiger partial charge in [0.1, 0.15) is 23.8 Å². The van der Waals surface area contributed by atoms with Crippen LogP contribution in [0.15, 0.2) is 89.0 Å². The minimum Gasteiger partial charge on any atom is -0.507 e. The van der Waals surface area contributed by atoms with Crippen molar-refractivity contribution in [3.05, 3.63) is 102 Å². The number of aryl methyl sites for hydroxylation is 1. The quantitative estimate of drug-likeness (QED) is 0.0532. The Labute approximate surface area is 489 Å². The number of likely N-dealkylation sites (tertiary alicyclic amines) is 2. The fourth-order valence-electron chi connectivity index (χ4n) is 13.7. The maximum Gasteiger partial charge on any atom is 0.243 e. The number of rotatable bonds is 19. The molecule has 2 bridgehead atoms. The number of para-hydroxylation sites is 1. The Bertz CT molecular complexity index is 3180. The normalized spacial score (nSPS) is 24.1. The number of benzene rings is 2. The second-order valence-corrected chi connectivity index (χ2v) is 25.0. The van der Waals surface area contributed by atoms with Crippen LogP contribution in [0.25, 0.3) is 21.7 Å². The minimum absolute atomic E-state index is 0.0391. The monoisotopic (exact) mass is 1150 g/mol. The molecule has 20 nitrogen and oxygen atoms in total. The van der Waals surface area contributed by atoms with Gasteiger partial charge in [-0.25, -0.2) is 9.97 Å². The van der Waals surface area contributed by atoms with Crippen molar-refractivity contribution in [2.75, 3.05) is 79.4 Å². The minimum atomic E-state index is -0.881. The van der Waals surface area contributed by atoms with Gasteiger partial charge in [-0.3, -0.25) is 9.59 Å². The molecule has 6 fully saturated rings. The number of phenolic OH excluding ortho intramolecular Hbond substituents is 1. The molecule has 4 aromatic heterocycles. The lowest BCUT2D eigenvalue weighted by Gasteiger charge is -2.43. The van der Waals surface area contributed by atoms with Crippen LogP contribution in [0.3, 0.4) is 0 Å². The Kier molecular flexibility index (Phi) is 16.9. The van der Waals surface area contributed by atoms with Gasteiger partial charge in [0.2, 0.25) is 17.7 Å². The van der Waals surface area contributed by atoms with E-state index in [0.29, 0.717) is 59.0 Å². The predicted octanol–water partition coefficient (Wildman–Crippen LogP) is 7.35. The highest BCUT2D eigenvalue weighted by Crippen LogP contribution is 2.41. The summed E-state index contributed by atoms with van der Waals surface area (Å²) in [5.74, 6) is 1.45. The highest BCUT2D eigenvalue weighted by molar-refractivity contribution is 7.13. The molecule has 5 saturated heterocycles. The standard InChI is InChI=1S/C62H78N12O8S/c1-37(2)58(62(79)73-35-45(76)27-53(73)61(78)66-50(19-25-75)40-8-10-41(11-9-40)59-38(3)65-36-83-59)55-31-56(69-82-55)71-23-15-39(16-24-71)32-70-21-17-46(18-22-70)80-47-28-48(29-47)81-57-26-42(14-20-64-57)74-43-12-13-44(74)34-72(33-43)52-30-51(67-68-60(52)63)49-6-4-5-7-54(49)77/h4-11,14,20,26,30-31,36-37,39,43-48,50,53,58,75-77H,12-13,15-19,21-25,27-29,32-35H2,1-3H3,(H2,63,68)(H,66,78)/t43-,44?,45-,47?,48?,50+,53+,58-/m1/s1. The summed E-state index contributed by atoms with van der Waals surface area (Å²) in [5, 5.41) is 47.5. The molecule has 21 heteroatoms. The summed E-state index contributed by atoms with van der Waals surface area (Å²) >= 11 is 1.57. The predicted molar refractivity (Wildman–Crippen MR) is 317 cm³/mol. The second kappa shape index (κ2) is 24.7. The highest BCUT2D eigenvalue weighted by Gasteiger charge is 2.45. The van der Waals surface area contributed by atoms with Gasteiger partial charge in [-0.15, -0.1) is 21.5 Å². The van der Waals surface area contributed by atoms with Crippen LogP contribution in [0.4, 0.5) is 23.0 Å². The van der Waals surface area contributed by atoms with Crippen LogP contribution >= 0.6 is 11.3 Å². The van der Waals surface area contributed by atoms with Crippen molar-refractivity contribution in [1.82, 2.24) is 40.4 Å². The van der Waals surface area contributed by atoms with Gasteiger partial charge in [-0.2, -0.15) is 0 Å². The topological polar surface area (TPSA) is 245 Å². The maximum absolute atomic E-state index is 14.5. The Morgan fingerprint density at radius 1 is 0.855 bits per heavy atom. The first-order chi connectivity index (χ1) is 40.3. The molecule has 12 rings (SSSR count). The smallest absolute Gasteiger partial charge is 0.243 e. The fraction of sp³-hybridized carbons (Fsp3) is 0.532. The Morgan fingerprint density at radius 2 is 1.61 bits per heavy atom. The summed E-state index contributed by atoms with van der Waals surface area (Å²) in [4.78, 5) is 49.8. The molecule has 2 amide bonds. The van der Waals surface area contributed by atoms with Crippen LogP contribution < -0.4 is 30.5 Å². The van der Waals surface area contributed by atoms with Crippen molar-refractivity contribution < 1.29 is 38.9 Å². The first-order valence-electron chi connectivity index (χ1n) is 29.9. The molecule has 2 aromatic carbocycles. The number of hydrogen-bond donors (Lipinski definition) is 5. The number of carbonyl (C=O) groups excluding carboxylic acids is 2. The number of piperazine rings is 1. The summed E-state index contributed by atoms with van der Waals surface area (Å²) in [6, 6.07) is 22.3. The molecule has 5 aliphatic heterocycles. The maximum atomic E-state index is 14.5. The van der Waals surface area contributed by atoms with Gasteiger partial charge in [-0.05, 0) is 99.1 Å². The van der Waals surface area contributed by atoms with Crippen molar-refractivity contribution in [2.45, 2.75) is 139 Å². The number of nitrogens with zero attached hydrogens (tertiary/aromatic N) is 10. The van der Waals surface area contributed by atoms with Crippen LogP contribution in [0.2, 0.25) is 0 Å². The summed E-state index contributed by atoms with van der Waals surface area (Å²) in [7, 11) is 0. The first kappa shape index (κ1) is 56.6. The number of nitrogens with one attached hydrogen (secondary N) is 1.